The van der Waals surface area contributed by atoms with Crippen LogP contribution in [0.15, 0.2) is 23.1 Å². The zero-order chi connectivity index (χ0) is 21.8. The van der Waals surface area contributed by atoms with Crippen LogP contribution in [0.1, 0.15) is 50.2 Å². The van der Waals surface area contributed by atoms with E-state index in [0.29, 0.717) is 24.5 Å². The Bertz CT molecular complexity index is 954. The molecule has 160 valence electrons. The largest absolute Gasteiger partial charge is 0.324 e. The maximum Gasteiger partial charge on any atom is 0.246 e. The molecule has 1 heterocycles. The lowest BCUT2D eigenvalue weighted by Crippen LogP contribution is -2.31. The summed E-state index contributed by atoms with van der Waals surface area (Å²) >= 11 is 0. The fraction of sp³-hybridized carbons (Fsp3) is 0.524. The number of benzene rings is 1. The maximum absolute atomic E-state index is 13.0. The smallest absolute Gasteiger partial charge is 0.246 e. The molecule has 1 N–H and O–H groups in total. The van der Waals surface area contributed by atoms with Crippen molar-refractivity contribution in [2.75, 3.05) is 18.4 Å². The third-order valence-electron chi connectivity index (χ3n) is 5.18. The molecule has 29 heavy (non-hydrogen) atoms. The Morgan fingerprint density at radius 3 is 2.10 bits per heavy atom. The zero-order valence-electron chi connectivity index (χ0n) is 18.2. The Morgan fingerprint density at radius 2 is 1.62 bits per heavy atom. The van der Waals surface area contributed by atoms with Crippen molar-refractivity contribution in [1.82, 2.24) is 14.1 Å². The van der Waals surface area contributed by atoms with Crippen molar-refractivity contribution in [3.63, 3.8) is 0 Å². The number of carbonyl (C=O) groups is 1. The van der Waals surface area contributed by atoms with Gasteiger partial charge in [-0.05, 0) is 37.8 Å². The fourth-order valence-corrected chi connectivity index (χ4v) is 5.45. The van der Waals surface area contributed by atoms with Gasteiger partial charge in [-0.2, -0.15) is 9.40 Å². The molecule has 0 aliphatic rings. The molecule has 0 spiro atoms. The normalized spacial score (nSPS) is 11.8. The number of anilines is 1. The van der Waals surface area contributed by atoms with Gasteiger partial charge >= 0.3 is 0 Å². The Hall–Kier alpha value is -2.19. The summed E-state index contributed by atoms with van der Waals surface area (Å²) in [7, 11) is -3.64. The van der Waals surface area contributed by atoms with Gasteiger partial charge in [0.05, 0.1) is 11.4 Å². The van der Waals surface area contributed by atoms with Crippen LogP contribution in [0, 0.1) is 13.8 Å². The molecule has 0 atom stereocenters. The lowest BCUT2D eigenvalue weighted by atomic mass is 10.0. The number of nitrogens with one attached hydrogen (secondary N) is 1. The Kier molecular flexibility index (Phi) is 7.60. The highest BCUT2D eigenvalue weighted by Crippen LogP contribution is 2.25. The van der Waals surface area contributed by atoms with Gasteiger partial charge in [0.2, 0.25) is 15.9 Å². The fourth-order valence-electron chi connectivity index (χ4n) is 3.62. The minimum atomic E-state index is -3.64. The second-order valence-corrected chi connectivity index (χ2v) is 8.83. The third-order valence-corrected chi connectivity index (χ3v) is 7.48. The average molecular weight is 421 g/mol. The summed E-state index contributed by atoms with van der Waals surface area (Å²) in [5.74, 6) is -0.224. The first kappa shape index (κ1) is 23.1. The van der Waals surface area contributed by atoms with Crippen LogP contribution in [0.4, 0.5) is 5.69 Å². The van der Waals surface area contributed by atoms with Crippen molar-refractivity contribution in [2.45, 2.75) is 65.8 Å². The van der Waals surface area contributed by atoms with Crippen molar-refractivity contribution < 1.29 is 13.2 Å². The van der Waals surface area contributed by atoms with E-state index in [1.165, 1.54) is 8.99 Å². The molecule has 0 aliphatic carbocycles. The van der Waals surface area contributed by atoms with E-state index < -0.39 is 10.0 Å². The third kappa shape index (κ3) is 4.70. The Labute approximate surface area is 174 Å². The van der Waals surface area contributed by atoms with E-state index in [9.17, 15) is 13.2 Å². The summed E-state index contributed by atoms with van der Waals surface area (Å²) in [5, 5.41) is 7.35. The van der Waals surface area contributed by atoms with Gasteiger partial charge in [0.15, 0.2) is 0 Å². The van der Waals surface area contributed by atoms with Gasteiger partial charge in [-0.1, -0.05) is 45.9 Å². The molecule has 0 radical (unpaired) electrons. The van der Waals surface area contributed by atoms with E-state index >= 15 is 0 Å². The quantitative estimate of drug-likeness (QED) is 0.675. The number of nitrogens with zero attached hydrogens (tertiary/aromatic N) is 3. The molecular formula is C21H32N4O3S. The van der Waals surface area contributed by atoms with Crippen LogP contribution >= 0.6 is 0 Å². The highest BCUT2D eigenvalue weighted by Gasteiger charge is 2.29. The first-order chi connectivity index (χ1) is 13.7. The second kappa shape index (κ2) is 9.54. The summed E-state index contributed by atoms with van der Waals surface area (Å²) in [6, 6.07) is 6.01. The molecule has 8 heteroatoms. The highest BCUT2D eigenvalue weighted by atomic mass is 32.2. The van der Waals surface area contributed by atoms with E-state index in [1.807, 2.05) is 18.2 Å². The number of hydrogen-bond acceptors (Lipinski definition) is 4. The van der Waals surface area contributed by atoms with Crippen LogP contribution in [0.2, 0.25) is 0 Å². The number of sulfonamides is 1. The van der Waals surface area contributed by atoms with E-state index in [-0.39, 0.29) is 17.3 Å². The minimum Gasteiger partial charge on any atom is -0.324 e. The van der Waals surface area contributed by atoms with Crippen molar-refractivity contribution in [3.05, 3.63) is 40.7 Å². The molecule has 1 aromatic heterocycles. The van der Waals surface area contributed by atoms with Gasteiger partial charge in [-0.15, -0.1) is 0 Å². The Balaban J connectivity index is 2.32. The summed E-state index contributed by atoms with van der Waals surface area (Å²) in [6.07, 6.45) is 1.63. The van der Waals surface area contributed by atoms with Crippen LogP contribution in [-0.2, 0) is 34.2 Å². The molecule has 0 fully saturated rings. The number of para-hydroxylation sites is 1. The van der Waals surface area contributed by atoms with Crippen LogP contribution < -0.4 is 5.32 Å². The predicted molar refractivity (Wildman–Crippen MR) is 116 cm³/mol. The standard InChI is InChI=1S/C21H32N4O3S/c1-7-17-12-11-13-18(8-2)20(17)22-19(26)14-25-16(6)21(15(5)23-25)29(27,28)24(9-3)10-4/h11-13H,7-10,14H2,1-6H3,(H,22,26). The van der Waals surface area contributed by atoms with Gasteiger partial charge in [-0.3, -0.25) is 9.48 Å². The molecule has 0 aliphatic heterocycles. The molecule has 0 bridgehead atoms. The summed E-state index contributed by atoms with van der Waals surface area (Å²) in [5.41, 5.74) is 3.89. The van der Waals surface area contributed by atoms with Crippen molar-refractivity contribution in [2.24, 2.45) is 0 Å². The predicted octanol–water partition coefficient (Wildman–Crippen LogP) is 3.29. The average Bonchev–Trinajstić information content (AvgIpc) is 2.96. The first-order valence-electron chi connectivity index (χ1n) is 10.2. The molecule has 7 nitrogen and oxygen atoms in total. The molecule has 0 saturated carbocycles. The van der Waals surface area contributed by atoms with Crippen molar-refractivity contribution in [3.8, 4) is 0 Å². The van der Waals surface area contributed by atoms with Gasteiger partial charge < -0.3 is 5.32 Å². The number of aryl methyl sites for hydroxylation is 3. The van der Waals surface area contributed by atoms with Crippen molar-refractivity contribution in [1.29, 1.82) is 0 Å². The number of aromatic nitrogens is 2. The number of rotatable bonds is 9. The van der Waals surface area contributed by atoms with Gasteiger partial charge in [-0.25, -0.2) is 8.42 Å². The molecule has 2 rings (SSSR count). The summed E-state index contributed by atoms with van der Waals surface area (Å²) in [6.45, 7) is 11.8. The molecular weight excluding hydrogens is 388 g/mol. The molecule has 2 aromatic rings. The Morgan fingerprint density at radius 1 is 1.07 bits per heavy atom. The van der Waals surface area contributed by atoms with E-state index in [4.69, 9.17) is 0 Å². The van der Waals surface area contributed by atoms with E-state index in [1.54, 1.807) is 27.7 Å². The van der Waals surface area contributed by atoms with E-state index in [0.717, 1.165) is 29.7 Å². The zero-order valence-corrected chi connectivity index (χ0v) is 19.1. The lowest BCUT2D eigenvalue weighted by Gasteiger charge is -2.18. The summed E-state index contributed by atoms with van der Waals surface area (Å²) < 4.78 is 28.8. The lowest BCUT2D eigenvalue weighted by molar-refractivity contribution is -0.117. The monoisotopic (exact) mass is 420 g/mol. The van der Waals surface area contributed by atoms with Gasteiger partial charge in [0, 0.05) is 18.8 Å². The minimum absolute atomic E-state index is 0.0400. The van der Waals surface area contributed by atoms with Crippen LogP contribution in [0.25, 0.3) is 0 Å². The van der Waals surface area contributed by atoms with Crippen LogP contribution in [0.3, 0.4) is 0 Å². The second-order valence-electron chi connectivity index (χ2n) is 6.95. The van der Waals surface area contributed by atoms with E-state index in [2.05, 4.69) is 24.3 Å². The molecule has 1 aromatic carbocycles. The highest BCUT2D eigenvalue weighted by molar-refractivity contribution is 7.89. The maximum atomic E-state index is 13.0. The SMILES string of the molecule is CCc1cccc(CC)c1NC(=O)Cn1nc(C)c(S(=O)(=O)N(CC)CC)c1C. The van der Waals surface area contributed by atoms with Gasteiger partial charge in [0.25, 0.3) is 0 Å². The first-order valence-corrected chi connectivity index (χ1v) is 11.6. The molecule has 0 saturated heterocycles. The van der Waals surface area contributed by atoms with Crippen LogP contribution in [-0.4, -0.2) is 41.5 Å². The topological polar surface area (TPSA) is 84.3 Å². The van der Waals surface area contributed by atoms with Gasteiger partial charge in [0.1, 0.15) is 11.4 Å². The number of hydrogen-bond donors (Lipinski definition) is 1. The van der Waals surface area contributed by atoms with Crippen LogP contribution in [0.5, 0.6) is 0 Å². The summed E-state index contributed by atoms with van der Waals surface area (Å²) in [4.78, 5) is 12.9. The van der Waals surface area contributed by atoms with Crippen molar-refractivity contribution >= 4 is 21.6 Å². The molecule has 0 unspecified atom stereocenters. The number of carbonyl (C=O) groups excluding carboxylic acids is 1. The number of amides is 1. The molecule has 1 amide bonds.